The van der Waals surface area contributed by atoms with Gasteiger partial charge in [-0.1, -0.05) is 72.8 Å². The second kappa shape index (κ2) is 16.4. The van der Waals surface area contributed by atoms with E-state index in [1.54, 1.807) is 26.8 Å². The Kier molecular flexibility index (Phi) is 12.3. The van der Waals surface area contributed by atoms with E-state index in [1.165, 1.54) is 24.3 Å². The number of sulfone groups is 1. The monoisotopic (exact) mass is 680 g/mol. The first-order chi connectivity index (χ1) is 22.8. The van der Waals surface area contributed by atoms with Crippen LogP contribution in [0.15, 0.2) is 99.5 Å². The quantitative estimate of drug-likeness (QED) is 0.0975. The number of rotatable bonds is 16. The second-order valence-corrected chi connectivity index (χ2v) is 14.1. The van der Waals surface area contributed by atoms with Crippen molar-refractivity contribution in [1.82, 2.24) is 5.16 Å². The number of aromatic nitrogens is 2. The normalized spacial score (nSPS) is 13.0. The van der Waals surface area contributed by atoms with Gasteiger partial charge in [0.15, 0.2) is 6.10 Å². The molecule has 1 aromatic heterocycles. The molecule has 4 aromatic rings. The molecule has 0 spiro atoms. The SMILES string of the molecule is CC(C)(C)OC(=O)C[C@H](Cc1ccc(-c2ccccc2)cc1)C[C@@H](O)C(=O)OCCCCOc1no[n+]([O-])c1S(=O)(=O)c1ccccc1. The summed E-state index contributed by atoms with van der Waals surface area (Å²) in [6, 6.07) is 25.2. The van der Waals surface area contributed by atoms with Crippen molar-refractivity contribution >= 4 is 21.8 Å². The molecule has 0 saturated heterocycles. The van der Waals surface area contributed by atoms with Crippen LogP contribution in [0.4, 0.5) is 0 Å². The Bertz CT molecular complexity index is 1740. The van der Waals surface area contributed by atoms with Gasteiger partial charge in [-0.25, -0.2) is 13.2 Å². The maximum atomic E-state index is 12.9. The van der Waals surface area contributed by atoms with Gasteiger partial charge < -0.3 is 24.5 Å². The average Bonchev–Trinajstić information content (AvgIpc) is 3.43. The molecule has 0 unspecified atom stereocenters. The van der Waals surface area contributed by atoms with Crippen LogP contribution in [-0.2, 0) is 35.3 Å². The lowest BCUT2D eigenvalue weighted by Crippen LogP contribution is -2.31. The van der Waals surface area contributed by atoms with E-state index in [1.807, 2.05) is 54.6 Å². The Morgan fingerprint density at radius 3 is 2.17 bits per heavy atom. The summed E-state index contributed by atoms with van der Waals surface area (Å²) >= 11 is 0. The highest BCUT2D eigenvalue weighted by molar-refractivity contribution is 7.91. The number of unbranched alkanes of at least 4 members (excludes halogenated alkanes) is 1. The largest absolute Gasteiger partial charge is 0.464 e. The number of hydrogen-bond acceptors (Lipinski definition) is 11. The molecule has 1 N–H and O–H groups in total. The number of aliphatic hydroxyl groups is 1. The number of hydrogen-bond donors (Lipinski definition) is 1. The maximum Gasteiger partial charge on any atom is 0.414 e. The predicted octanol–water partition coefficient (Wildman–Crippen LogP) is 4.85. The number of nitrogens with zero attached hydrogens (tertiary/aromatic N) is 2. The Balaban J connectivity index is 1.27. The topological polar surface area (TPSA) is 169 Å². The van der Waals surface area contributed by atoms with Crippen molar-refractivity contribution in [3.63, 3.8) is 0 Å². The molecule has 0 fully saturated rings. The number of benzene rings is 3. The summed E-state index contributed by atoms with van der Waals surface area (Å²) in [4.78, 5) is 25.0. The van der Waals surface area contributed by atoms with Crippen LogP contribution in [-0.4, -0.2) is 55.5 Å². The summed E-state index contributed by atoms with van der Waals surface area (Å²) in [6.07, 6.45) is -0.424. The minimum atomic E-state index is -4.24. The molecular weight excluding hydrogens is 640 g/mol. The number of ether oxygens (including phenoxy) is 3. The van der Waals surface area contributed by atoms with E-state index in [9.17, 15) is 28.3 Å². The fraction of sp³-hybridized carbons (Fsp3) is 0.371. The van der Waals surface area contributed by atoms with Crippen LogP contribution in [0.5, 0.6) is 5.88 Å². The van der Waals surface area contributed by atoms with E-state index >= 15 is 0 Å². The van der Waals surface area contributed by atoms with Crippen molar-refractivity contribution < 1.29 is 46.9 Å². The van der Waals surface area contributed by atoms with E-state index in [-0.39, 0.29) is 35.9 Å². The highest BCUT2D eigenvalue weighted by Crippen LogP contribution is 2.26. The molecule has 48 heavy (non-hydrogen) atoms. The summed E-state index contributed by atoms with van der Waals surface area (Å²) in [5.74, 6) is -2.13. The summed E-state index contributed by atoms with van der Waals surface area (Å²) in [7, 11) is -4.24. The van der Waals surface area contributed by atoms with Gasteiger partial charge in [0.2, 0.25) is 0 Å². The molecule has 0 aliphatic carbocycles. The lowest BCUT2D eigenvalue weighted by atomic mass is 9.90. The molecule has 2 atom stereocenters. The third kappa shape index (κ3) is 10.4. The van der Waals surface area contributed by atoms with E-state index in [0.29, 0.717) is 19.3 Å². The lowest BCUT2D eigenvalue weighted by Gasteiger charge is -2.23. The molecular formula is C35H40N2O10S. The van der Waals surface area contributed by atoms with Gasteiger partial charge in [0.05, 0.1) is 23.3 Å². The molecule has 256 valence electrons. The second-order valence-electron chi connectivity index (χ2n) is 12.3. The Labute approximate surface area is 279 Å². The number of carbonyl (C=O) groups is 2. The molecule has 4 rings (SSSR count). The first-order valence-corrected chi connectivity index (χ1v) is 17.1. The van der Waals surface area contributed by atoms with Gasteiger partial charge in [-0.05, 0) is 86.1 Å². The van der Waals surface area contributed by atoms with Crippen molar-refractivity contribution in [2.24, 2.45) is 5.92 Å². The molecule has 12 nitrogen and oxygen atoms in total. The third-order valence-electron chi connectivity index (χ3n) is 7.17. The highest BCUT2D eigenvalue weighted by Gasteiger charge is 2.35. The molecule has 0 aliphatic heterocycles. The molecule has 1 heterocycles. The van der Waals surface area contributed by atoms with Crippen LogP contribution in [0.2, 0.25) is 0 Å². The van der Waals surface area contributed by atoms with Crippen LogP contribution in [0.1, 0.15) is 52.0 Å². The highest BCUT2D eigenvalue weighted by atomic mass is 32.2. The number of aliphatic hydroxyl groups excluding tert-OH is 1. The predicted molar refractivity (Wildman–Crippen MR) is 173 cm³/mol. The van der Waals surface area contributed by atoms with E-state index in [0.717, 1.165) is 16.7 Å². The van der Waals surface area contributed by atoms with Gasteiger partial charge in [0.25, 0.3) is 9.84 Å². The average molecular weight is 681 g/mol. The standard InChI is InChI=1S/C35H40N2O10S/c1-35(2,3)46-31(39)24-26(22-25-16-18-28(19-17-25)27-12-6-4-7-13-27)23-30(38)34(40)45-21-11-10-20-44-32-33(37(41)47-36-32)48(42,43)29-14-8-5-9-15-29/h4-9,12-19,26,30,38H,10-11,20-24H2,1-3H3/t26-,30-/m1/s1. The fourth-order valence-corrected chi connectivity index (χ4v) is 6.24. The number of carbonyl (C=O) groups excluding carboxylic acids is 2. The summed E-state index contributed by atoms with van der Waals surface area (Å²) in [6.45, 7) is 5.22. The van der Waals surface area contributed by atoms with Gasteiger partial charge in [0, 0.05) is 6.42 Å². The van der Waals surface area contributed by atoms with Crippen molar-refractivity contribution in [1.29, 1.82) is 0 Å². The smallest absolute Gasteiger partial charge is 0.414 e. The molecule has 0 amide bonds. The zero-order valence-corrected chi connectivity index (χ0v) is 27.9. The van der Waals surface area contributed by atoms with Crippen molar-refractivity contribution in [3.05, 3.63) is 95.7 Å². The van der Waals surface area contributed by atoms with Crippen LogP contribution in [0.25, 0.3) is 11.1 Å². The van der Waals surface area contributed by atoms with E-state index < -0.39 is 50.3 Å². The zero-order chi connectivity index (χ0) is 34.7. The van der Waals surface area contributed by atoms with Gasteiger partial charge in [-0.3, -0.25) is 9.42 Å². The van der Waals surface area contributed by atoms with Crippen molar-refractivity contribution in [2.45, 2.75) is 74.5 Å². The summed E-state index contributed by atoms with van der Waals surface area (Å²) in [5, 5.41) is 25.4. The summed E-state index contributed by atoms with van der Waals surface area (Å²) < 4.78 is 46.3. The lowest BCUT2D eigenvalue weighted by molar-refractivity contribution is -0.832. The van der Waals surface area contributed by atoms with Crippen LogP contribution < -0.4 is 9.64 Å². The molecule has 0 saturated carbocycles. The van der Waals surface area contributed by atoms with E-state index in [2.05, 4.69) is 9.79 Å². The Morgan fingerprint density at radius 1 is 0.917 bits per heavy atom. The Hall–Kier alpha value is -4.75. The maximum absolute atomic E-state index is 12.9. The molecule has 13 heteroatoms. The van der Waals surface area contributed by atoms with Crippen molar-refractivity contribution in [3.8, 4) is 17.0 Å². The zero-order valence-electron chi connectivity index (χ0n) is 27.1. The minimum absolute atomic E-state index is 0.00672. The van der Waals surface area contributed by atoms with Gasteiger partial charge in [-0.15, -0.1) is 0 Å². The molecule has 0 radical (unpaired) electrons. The first kappa shape index (κ1) is 36.1. The third-order valence-corrected chi connectivity index (χ3v) is 8.89. The van der Waals surface area contributed by atoms with Crippen molar-refractivity contribution in [2.75, 3.05) is 13.2 Å². The number of esters is 2. The van der Waals surface area contributed by atoms with E-state index in [4.69, 9.17) is 14.2 Å². The molecule has 0 aliphatic rings. The Morgan fingerprint density at radius 2 is 1.52 bits per heavy atom. The van der Waals surface area contributed by atoms with Gasteiger partial charge in [-0.2, -0.15) is 0 Å². The molecule has 3 aromatic carbocycles. The minimum Gasteiger partial charge on any atom is -0.464 e. The van der Waals surface area contributed by atoms with Gasteiger partial charge in [0.1, 0.15) is 5.60 Å². The fourth-order valence-electron chi connectivity index (χ4n) is 4.95. The van der Waals surface area contributed by atoms with Crippen LogP contribution in [0.3, 0.4) is 0 Å². The summed E-state index contributed by atoms with van der Waals surface area (Å²) in [5.41, 5.74) is 2.39. The van der Waals surface area contributed by atoms with Crippen LogP contribution in [0, 0.1) is 11.1 Å². The first-order valence-electron chi connectivity index (χ1n) is 15.6. The van der Waals surface area contributed by atoms with Gasteiger partial charge >= 0.3 is 22.8 Å². The molecule has 0 bridgehead atoms. The van der Waals surface area contributed by atoms with Crippen LogP contribution >= 0.6 is 0 Å².